The van der Waals surface area contributed by atoms with E-state index in [1.165, 1.54) is 31.2 Å². The largest absolute Gasteiger partial charge is 0.386 e. The van der Waals surface area contributed by atoms with Gasteiger partial charge in [0.05, 0.1) is 0 Å². The Morgan fingerprint density at radius 2 is 1.83 bits per heavy atom. The fourth-order valence-corrected chi connectivity index (χ4v) is 2.81. The zero-order chi connectivity index (χ0) is 13.0. The second-order valence-electron chi connectivity index (χ2n) is 5.47. The Bertz CT molecular complexity index is 388. The summed E-state index contributed by atoms with van der Waals surface area (Å²) in [6, 6.07) is 7.54. The summed E-state index contributed by atoms with van der Waals surface area (Å²) in [4.78, 5) is 0. The molecule has 98 valence electrons. The Morgan fingerprint density at radius 1 is 1.22 bits per heavy atom. The first kappa shape index (κ1) is 13.1. The van der Waals surface area contributed by atoms with Gasteiger partial charge in [-0.1, -0.05) is 18.7 Å². The predicted molar refractivity (Wildman–Crippen MR) is 73.8 cm³/mol. The van der Waals surface area contributed by atoms with E-state index in [9.17, 15) is 4.39 Å². The van der Waals surface area contributed by atoms with Crippen molar-refractivity contribution in [1.82, 2.24) is 5.32 Å². The highest BCUT2D eigenvalue weighted by Crippen LogP contribution is 2.27. The van der Waals surface area contributed by atoms with Crippen molar-refractivity contribution in [2.75, 3.05) is 0 Å². The van der Waals surface area contributed by atoms with Crippen molar-refractivity contribution in [1.29, 1.82) is 0 Å². The van der Waals surface area contributed by atoms with Crippen LogP contribution >= 0.6 is 0 Å². The maximum atomic E-state index is 12.8. The van der Waals surface area contributed by atoms with E-state index < -0.39 is 0 Å². The van der Waals surface area contributed by atoms with Crippen LogP contribution in [-0.2, 0) is 6.42 Å². The molecule has 0 amide bonds. The molecule has 2 heteroatoms. The van der Waals surface area contributed by atoms with Crippen LogP contribution in [0.3, 0.4) is 0 Å². The summed E-state index contributed by atoms with van der Waals surface area (Å²) in [6.07, 6.45) is 6.03. The van der Waals surface area contributed by atoms with Gasteiger partial charge in [-0.3, -0.25) is 0 Å². The Kier molecular flexibility index (Phi) is 4.40. The average molecular weight is 247 g/mol. The van der Waals surface area contributed by atoms with Gasteiger partial charge in [-0.25, -0.2) is 4.39 Å². The highest BCUT2D eigenvalue weighted by molar-refractivity contribution is 5.16. The van der Waals surface area contributed by atoms with Crippen LogP contribution in [0.25, 0.3) is 0 Å². The van der Waals surface area contributed by atoms with Crippen molar-refractivity contribution in [3.05, 3.63) is 47.9 Å². The molecule has 0 spiro atoms. The highest BCUT2D eigenvalue weighted by atomic mass is 19.1. The topological polar surface area (TPSA) is 12.0 Å². The first-order valence-electron chi connectivity index (χ1n) is 6.80. The maximum absolute atomic E-state index is 12.8. The molecule has 0 heterocycles. The smallest absolute Gasteiger partial charge is 0.123 e. The van der Waals surface area contributed by atoms with E-state index >= 15 is 0 Å². The number of halogens is 1. The molecule has 1 saturated carbocycles. The van der Waals surface area contributed by atoms with E-state index in [-0.39, 0.29) is 5.82 Å². The van der Waals surface area contributed by atoms with Crippen LogP contribution in [0.2, 0.25) is 0 Å². The van der Waals surface area contributed by atoms with Gasteiger partial charge in [-0.15, -0.1) is 0 Å². The van der Waals surface area contributed by atoms with Gasteiger partial charge in [0.15, 0.2) is 0 Å². The fourth-order valence-electron chi connectivity index (χ4n) is 2.81. The number of rotatable bonds is 4. The van der Waals surface area contributed by atoms with Gasteiger partial charge in [-0.2, -0.15) is 0 Å². The minimum atomic E-state index is -0.145. The van der Waals surface area contributed by atoms with Crippen LogP contribution < -0.4 is 5.32 Å². The summed E-state index contributed by atoms with van der Waals surface area (Å²) in [7, 11) is 0. The summed E-state index contributed by atoms with van der Waals surface area (Å²) < 4.78 is 12.8. The second-order valence-corrected chi connectivity index (χ2v) is 5.47. The molecule has 0 aliphatic heterocycles. The quantitative estimate of drug-likeness (QED) is 0.846. The zero-order valence-electron chi connectivity index (χ0n) is 11.1. The summed E-state index contributed by atoms with van der Waals surface area (Å²) in [5, 5.41) is 3.43. The molecule has 1 aliphatic carbocycles. The number of hydrogen-bond donors (Lipinski definition) is 1. The van der Waals surface area contributed by atoms with Gasteiger partial charge in [-0.05, 0) is 62.6 Å². The third-order valence-electron chi connectivity index (χ3n) is 3.73. The molecule has 0 aromatic heterocycles. The first-order chi connectivity index (χ1) is 8.63. The molecule has 1 aromatic rings. The molecular formula is C16H22FN. The molecule has 2 rings (SSSR count). The molecule has 1 aliphatic rings. The van der Waals surface area contributed by atoms with Crippen molar-refractivity contribution >= 4 is 0 Å². The van der Waals surface area contributed by atoms with Crippen LogP contribution in [0.5, 0.6) is 0 Å². The van der Waals surface area contributed by atoms with Crippen molar-refractivity contribution in [3.63, 3.8) is 0 Å². The standard InChI is InChI=1S/C16H22FN/c1-12(2)18-16-9-5-14(6-10-16)11-13-3-7-15(17)8-4-13/h3-4,7-8,14,16,18H,1,5-6,9-11H2,2H3. The van der Waals surface area contributed by atoms with Gasteiger partial charge in [0.25, 0.3) is 0 Å². The minimum absolute atomic E-state index is 0.145. The van der Waals surface area contributed by atoms with Crippen molar-refractivity contribution in [2.45, 2.75) is 45.1 Å². The Balaban J connectivity index is 1.79. The van der Waals surface area contributed by atoms with Gasteiger partial charge in [0.2, 0.25) is 0 Å². The highest BCUT2D eigenvalue weighted by Gasteiger charge is 2.20. The molecule has 1 N–H and O–H groups in total. The molecule has 1 nitrogen and oxygen atoms in total. The van der Waals surface area contributed by atoms with E-state index in [2.05, 4.69) is 11.9 Å². The number of benzene rings is 1. The monoisotopic (exact) mass is 247 g/mol. The zero-order valence-corrected chi connectivity index (χ0v) is 11.1. The van der Waals surface area contributed by atoms with Gasteiger partial charge < -0.3 is 5.32 Å². The van der Waals surface area contributed by atoms with E-state index in [0.717, 1.165) is 18.0 Å². The summed E-state index contributed by atoms with van der Waals surface area (Å²) in [5.74, 6) is 0.603. The lowest BCUT2D eigenvalue weighted by Crippen LogP contribution is -2.32. The summed E-state index contributed by atoms with van der Waals surface area (Å²) in [6.45, 7) is 5.92. The summed E-state index contributed by atoms with van der Waals surface area (Å²) >= 11 is 0. The van der Waals surface area contributed by atoms with Crippen molar-refractivity contribution < 1.29 is 4.39 Å². The fraction of sp³-hybridized carbons (Fsp3) is 0.500. The van der Waals surface area contributed by atoms with Crippen molar-refractivity contribution in [3.8, 4) is 0 Å². The molecule has 0 radical (unpaired) electrons. The third-order valence-corrected chi connectivity index (χ3v) is 3.73. The second kappa shape index (κ2) is 6.03. The average Bonchev–Trinajstić information content (AvgIpc) is 2.34. The van der Waals surface area contributed by atoms with Crippen LogP contribution in [0.15, 0.2) is 36.5 Å². The van der Waals surface area contributed by atoms with E-state index in [4.69, 9.17) is 0 Å². The van der Waals surface area contributed by atoms with E-state index in [1.807, 2.05) is 19.1 Å². The molecule has 0 saturated heterocycles. The lowest BCUT2D eigenvalue weighted by atomic mass is 9.82. The molecular weight excluding hydrogens is 225 g/mol. The molecule has 18 heavy (non-hydrogen) atoms. The molecule has 1 fully saturated rings. The Morgan fingerprint density at radius 3 is 2.39 bits per heavy atom. The first-order valence-corrected chi connectivity index (χ1v) is 6.80. The minimum Gasteiger partial charge on any atom is -0.386 e. The van der Waals surface area contributed by atoms with Crippen LogP contribution in [-0.4, -0.2) is 6.04 Å². The predicted octanol–water partition coefficient (Wildman–Crippen LogP) is 4.05. The molecule has 0 atom stereocenters. The maximum Gasteiger partial charge on any atom is 0.123 e. The number of allylic oxidation sites excluding steroid dienone is 1. The van der Waals surface area contributed by atoms with Gasteiger partial charge >= 0.3 is 0 Å². The lowest BCUT2D eigenvalue weighted by molar-refractivity contribution is 0.302. The summed E-state index contributed by atoms with van der Waals surface area (Å²) in [5.41, 5.74) is 2.32. The molecule has 0 bridgehead atoms. The SMILES string of the molecule is C=C(C)NC1CCC(Cc2ccc(F)cc2)CC1. The molecule has 1 aromatic carbocycles. The third kappa shape index (κ3) is 3.86. The van der Waals surface area contributed by atoms with Crippen LogP contribution in [0, 0.1) is 11.7 Å². The Labute approximate surface area is 109 Å². The lowest BCUT2D eigenvalue weighted by Gasteiger charge is -2.29. The van der Waals surface area contributed by atoms with E-state index in [1.54, 1.807) is 12.1 Å². The number of hydrogen-bond acceptors (Lipinski definition) is 1. The number of nitrogens with one attached hydrogen (secondary N) is 1. The van der Waals surface area contributed by atoms with Gasteiger partial charge in [0.1, 0.15) is 5.82 Å². The van der Waals surface area contributed by atoms with Gasteiger partial charge in [0, 0.05) is 11.7 Å². The molecule has 0 unspecified atom stereocenters. The Hall–Kier alpha value is -1.31. The van der Waals surface area contributed by atoms with Crippen LogP contribution in [0.4, 0.5) is 4.39 Å². The van der Waals surface area contributed by atoms with Crippen LogP contribution in [0.1, 0.15) is 38.2 Å². The van der Waals surface area contributed by atoms with Crippen molar-refractivity contribution in [2.24, 2.45) is 5.92 Å². The normalized spacial score (nSPS) is 23.7. The van der Waals surface area contributed by atoms with E-state index in [0.29, 0.717) is 6.04 Å².